The van der Waals surface area contributed by atoms with Crippen molar-refractivity contribution in [1.29, 1.82) is 0 Å². The van der Waals surface area contributed by atoms with Gasteiger partial charge in [0.1, 0.15) is 5.78 Å². The van der Waals surface area contributed by atoms with Crippen molar-refractivity contribution >= 4 is 17.2 Å². The summed E-state index contributed by atoms with van der Waals surface area (Å²) in [7, 11) is 1.59. The van der Waals surface area contributed by atoms with Crippen LogP contribution in [0.25, 0.3) is 5.52 Å². The molecule has 23 heavy (non-hydrogen) atoms. The number of rotatable bonds is 5. The summed E-state index contributed by atoms with van der Waals surface area (Å²) in [6.07, 6.45) is 4.11. The molecule has 0 atom stereocenters. The van der Waals surface area contributed by atoms with Gasteiger partial charge in [0.25, 0.3) is 5.91 Å². The minimum absolute atomic E-state index is 0.0975. The lowest BCUT2D eigenvalue weighted by molar-refractivity contribution is -0.117. The van der Waals surface area contributed by atoms with Crippen LogP contribution in [0.2, 0.25) is 0 Å². The first-order valence-electron chi connectivity index (χ1n) is 7.40. The quantitative estimate of drug-likeness (QED) is 0.784. The SMILES string of the molecule is CNC(=O)c1cccc(CC(=O)Cc2cccc3cncn23)c1. The van der Waals surface area contributed by atoms with Crippen LogP contribution in [0.1, 0.15) is 21.6 Å². The van der Waals surface area contributed by atoms with E-state index < -0.39 is 0 Å². The maximum atomic E-state index is 12.4. The van der Waals surface area contributed by atoms with Gasteiger partial charge in [-0.2, -0.15) is 0 Å². The van der Waals surface area contributed by atoms with Gasteiger partial charge >= 0.3 is 0 Å². The number of Topliss-reactive ketones (excluding diaryl/α,β-unsaturated/α-hetero) is 1. The second-order valence-electron chi connectivity index (χ2n) is 5.38. The third kappa shape index (κ3) is 3.29. The van der Waals surface area contributed by atoms with Crippen molar-refractivity contribution in [2.75, 3.05) is 7.05 Å². The minimum atomic E-state index is -0.150. The number of fused-ring (bicyclic) bond motifs is 1. The van der Waals surface area contributed by atoms with E-state index in [1.165, 1.54) is 0 Å². The molecule has 2 aromatic heterocycles. The Labute approximate surface area is 134 Å². The third-order valence-electron chi connectivity index (χ3n) is 3.73. The van der Waals surface area contributed by atoms with E-state index in [4.69, 9.17) is 0 Å². The molecule has 0 saturated heterocycles. The summed E-state index contributed by atoms with van der Waals surface area (Å²) in [6, 6.07) is 13.0. The molecule has 1 amide bonds. The Morgan fingerprint density at radius 1 is 1.13 bits per heavy atom. The Morgan fingerprint density at radius 3 is 2.78 bits per heavy atom. The first-order valence-corrected chi connectivity index (χ1v) is 7.40. The van der Waals surface area contributed by atoms with Crippen LogP contribution >= 0.6 is 0 Å². The number of amides is 1. The van der Waals surface area contributed by atoms with Crippen LogP contribution in [-0.2, 0) is 17.6 Å². The summed E-state index contributed by atoms with van der Waals surface area (Å²) < 4.78 is 1.92. The minimum Gasteiger partial charge on any atom is -0.355 e. The van der Waals surface area contributed by atoms with Crippen LogP contribution < -0.4 is 5.32 Å². The summed E-state index contributed by atoms with van der Waals surface area (Å²) in [4.78, 5) is 28.1. The van der Waals surface area contributed by atoms with E-state index in [2.05, 4.69) is 10.3 Å². The zero-order valence-electron chi connectivity index (χ0n) is 12.8. The molecule has 0 unspecified atom stereocenters. The second kappa shape index (κ2) is 6.44. The smallest absolute Gasteiger partial charge is 0.251 e. The molecule has 3 rings (SSSR count). The molecule has 0 fully saturated rings. The second-order valence-corrected chi connectivity index (χ2v) is 5.38. The van der Waals surface area contributed by atoms with E-state index in [0.29, 0.717) is 18.4 Å². The molecule has 5 nitrogen and oxygen atoms in total. The van der Waals surface area contributed by atoms with Crippen molar-refractivity contribution in [3.63, 3.8) is 0 Å². The highest BCUT2D eigenvalue weighted by Crippen LogP contribution is 2.11. The highest BCUT2D eigenvalue weighted by Gasteiger charge is 2.10. The molecule has 0 bridgehead atoms. The maximum absolute atomic E-state index is 12.4. The lowest BCUT2D eigenvalue weighted by Crippen LogP contribution is -2.18. The standard InChI is InChI=1S/C18H17N3O2/c1-19-18(23)14-5-2-4-13(8-14)9-17(22)10-15-6-3-7-16-11-20-12-21(15)16/h2-8,11-12H,9-10H2,1H3,(H,19,23). The van der Waals surface area contributed by atoms with E-state index in [0.717, 1.165) is 16.8 Å². The Kier molecular flexibility index (Phi) is 4.19. The van der Waals surface area contributed by atoms with Gasteiger partial charge in [-0.3, -0.25) is 9.59 Å². The van der Waals surface area contributed by atoms with Gasteiger partial charge in [0.2, 0.25) is 0 Å². The Balaban J connectivity index is 1.75. The molecule has 1 aromatic carbocycles. The molecule has 1 N–H and O–H groups in total. The van der Waals surface area contributed by atoms with Gasteiger partial charge in [-0.05, 0) is 29.8 Å². The first kappa shape index (κ1) is 15.0. The summed E-state index contributed by atoms with van der Waals surface area (Å²) in [5.41, 5.74) is 3.28. The zero-order valence-corrected chi connectivity index (χ0v) is 12.8. The molecule has 0 spiro atoms. The predicted octanol–water partition coefficient (Wildman–Crippen LogP) is 2.05. The van der Waals surface area contributed by atoms with Crippen molar-refractivity contribution in [3.05, 3.63) is 71.8 Å². The number of nitrogens with one attached hydrogen (secondary N) is 1. The number of carbonyl (C=O) groups excluding carboxylic acids is 2. The van der Waals surface area contributed by atoms with Crippen LogP contribution in [-0.4, -0.2) is 28.1 Å². The fourth-order valence-corrected chi connectivity index (χ4v) is 2.61. The molecule has 0 radical (unpaired) electrons. The van der Waals surface area contributed by atoms with Gasteiger partial charge in [-0.25, -0.2) is 4.98 Å². The molecule has 0 saturated carbocycles. The number of hydrogen-bond acceptors (Lipinski definition) is 3. The van der Waals surface area contributed by atoms with Crippen molar-refractivity contribution in [2.45, 2.75) is 12.8 Å². The average molecular weight is 307 g/mol. The molecule has 2 heterocycles. The fraction of sp³-hybridized carbons (Fsp3) is 0.167. The molecule has 5 heteroatoms. The molecule has 0 aliphatic heterocycles. The molecular weight excluding hydrogens is 290 g/mol. The van der Waals surface area contributed by atoms with E-state index in [1.54, 1.807) is 37.8 Å². The summed E-state index contributed by atoms with van der Waals surface area (Å²) in [6.45, 7) is 0. The van der Waals surface area contributed by atoms with Gasteiger partial charge in [0.05, 0.1) is 18.0 Å². The summed E-state index contributed by atoms with van der Waals surface area (Å²) >= 11 is 0. The number of hydrogen-bond donors (Lipinski definition) is 1. The highest BCUT2D eigenvalue weighted by molar-refractivity contribution is 5.94. The predicted molar refractivity (Wildman–Crippen MR) is 87.4 cm³/mol. The highest BCUT2D eigenvalue weighted by atomic mass is 16.1. The molecule has 0 aliphatic carbocycles. The topological polar surface area (TPSA) is 63.5 Å². The molecule has 0 aliphatic rings. The van der Waals surface area contributed by atoms with Gasteiger partial charge in [0, 0.05) is 31.1 Å². The van der Waals surface area contributed by atoms with Crippen LogP contribution in [0.4, 0.5) is 0 Å². The molecular formula is C18H17N3O2. The number of nitrogens with zero attached hydrogens (tertiary/aromatic N) is 2. The van der Waals surface area contributed by atoms with Crippen LogP contribution in [0.15, 0.2) is 55.0 Å². The zero-order chi connectivity index (χ0) is 16.2. The molecule has 3 aromatic rings. The number of benzene rings is 1. The van der Waals surface area contributed by atoms with Crippen molar-refractivity contribution in [2.24, 2.45) is 0 Å². The Hall–Kier alpha value is -2.95. The number of imidazole rings is 1. The van der Waals surface area contributed by atoms with Gasteiger partial charge in [-0.1, -0.05) is 18.2 Å². The fourth-order valence-electron chi connectivity index (χ4n) is 2.61. The Morgan fingerprint density at radius 2 is 1.96 bits per heavy atom. The largest absolute Gasteiger partial charge is 0.355 e. The van der Waals surface area contributed by atoms with Crippen molar-refractivity contribution in [1.82, 2.24) is 14.7 Å². The Bertz CT molecular complexity index is 867. The van der Waals surface area contributed by atoms with Crippen LogP contribution in [0.5, 0.6) is 0 Å². The van der Waals surface area contributed by atoms with Gasteiger partial charge < -0.3 is 9.72 Å². The van der Waals surface area contributed by atoms with Gasteiger partial charge in [-0.15, -0.1) is 0 Å². The first-order chi connectivity index (χ1) is 11.2. The van der Waals surface area contributed by atoms with Crippen molar-refractivity contribution < 1.29 is 9.59 Å². The lowest BCUT2D eigenvalue weighted by Gasteiger charge is -2.06. The summed E-state index contributed by atoms with van der Waals surface area (Å²) in [5, 5.41) is 2.58. The van der Waals surface area contributed by atoms with E-state index in [-0.39, 0.29) is 11.7 Å². The summed E-state index contributed by atoms with van der Waals surface area (Å²) in [5.74, 6) is -0.0530. The number of ketones is 1. The van der Waals surface area contributed by atoms with Crippen LogP contribution in [0.3, 0.4) is 0 Å². The lowest BCUT2D eigenvalue weighted by atomic mass is 10.0. The number of pyridine rings is 1. The number of aromatic nitrogens is 2. The monoisotopic (exact) mass is 307 g/mol. The van der Waals surface area contributed by atoms with E-state index in [9.17, 15) is 9.59 Å². The average Bonchev–Trinajstić information content (AvgIpc) is 3.04. The number of carbonyl (C=O) groups is 2. The van der Waals surface area contributed by atoms with Crippen LogP contribution in [0, 0.1) is 0 Å². The van der Waals surface area contributed by atoms with Gasteiger partial charge in [0.15, 0.2) is 0 Å². The van der Waals surface area contributed by atoms with E-state index >= 15 is 0 Å². The molecule has 116 valence electrons. The normalized spacial score (nSPS) is 10.7. The maximum Gasteiger partial charge on any atom is 0.251 e. The third-order valence-corrected chi connectivity index (χ3v) is 3.73. The van der Waals surface area contributed by atoms with E-state index in [1.807, 2.05) is 28.7 Å². The van der Waals surface area contributed by atoms with Crippen molar-refractivity contribution in [3.8, 4) is 0 Å².